The first-order valence-electron chi connectivity index (χ1n) is 8.48. The minimum Gasteiger partial charge on any atom is -0.484 e. The van der Waals surface area contributed by atoms with Gasteiger partial charge in [-0.25, -0.2) is 0 Å². The SMILES string of the molecule is CN(C)C[C@@H](NC(=O)CNC(=O)COc1ccccc1)c1ccccc1. The van der Waals surface area contributed by atoms with Crippen molar-refractivity contribution in [2.45, 2.75) is 6.04 Å². The highest BCUT2D eigenvalue weighted by molar-refractivity contribution is 5.85. The third-order valence-corrected chi connectivity index (χ3v) is 3.64. The second-order valence-corrected chi connectivity index (χ2v) is 6.17. The molecule has 2 aromatic carbocycles. The zero-order chi connectivity index (χ0) is 18.8. The molecule has 26 heavy (non-hydrogen) atoms. The Morgan fingerprint density at radius 3 is 2.19 bits per heavy atom. The van der Waals surface area contributed by atoms with Gasteiger partial charge in [-0.3, -0.25) is 9.59 Å². The second kappa shape index (κ2) is 10.2. The molecule has 0 saturated heterocycles. The molecule has 1 atom stereocenters. The Labute approximate surface area is 154 Å². The van der Waals surface area contributed by atoms with Gasteiger partial charge in [0.15, 0.2) is 6.61 Å². The zero-order valence-corrected chi connectivity index (χ0v) is 15.1. The average molecular weight is 355 g/mol. The van der Waals surface area contributed by atoms with E-state index in [0.717, 1.165) is 5.56 Å². The van der Waals surface area contributed by atoms with Gasteiger partial charge in [-0.15, -0.1) is 0 Å². The molecule has 0 bridgehead atoms. The second-order valence-electron chi connectivity index (χ2n) is 6.17. The highest BCUT2D eigenvalue weighted by Crippen LogP contribution is 2.13. The van der Waals surface area contributed by atoms with Crippen LogP contribution in [0.1, 0.15) is 11.6 Å². The summed E-state index contributed by atoms with van der Waals surface area (Å²) in [7, 11) is 3.90. The molecule has 0 aliphatic rings. The minimum absolute atomic E-state index is 0.0895. The van der Waals surface area contributed by atoms with Crippen LogP contribution in [0, 0.1) is 0 Å². The number of hydrogen-bond acceptors (Lipinski definition) is 4. The van der Waals surface area contributed by atoms with Crippen LogP contribution in [0.15, 0.2) is 60.7 Å². The maximum atomic E-state index is 12.2. The summed E-state index contributed by atoms with van der Waals surface area (Å²) in [5.41, 5.74) is 1.02. The van der Waals surface area contributed by atoms with Crippen molar-refractivity contribution < 1.29 is 14.3 Å². The van der Waals surface area contributed by atoms with Gasteiger partial charge in [0, 0.05) is 6.54 Å². The summed E-state index contributed by atoms with van der Waals surface area (Å²) in [6.07, 6.45) is 0. The van der Waals surface area contributed by atoms with Gasteiger partial charge in [-0.1, -0.05) is 48.5 Å². The molecule has 0 aliphatic carbocycles. The molecule has 0 spiro atoms. The summed E-state index contributed by atoms with van der Waals surface area (Å²) >= 11 is 0. The van der Waals surface area contributed by atoms with E-state index in [1.165, 1.54) is 0 Å². The number of amides is 2. The van der Waals surface area contributed by atoms with E-state index in [0.29, 0.717) is 12.3 Å². The topological polar surface area (TPSA) is 70.7 Å². The van der Waals surface area contributed by atoms with E-state index in [4.69, 9.17) is 4.74 Å². The first-order chi connectivity index (χ1) is 12.5. The zero-order valence-electron chi connectivity index (χ0n) is 15.1. The molecular weight excluding hydrogens is 330 g/mol. The molecule has 0 aliphatic heterocycles. The fourth-order valence-corrected chi connectivity index (χ4v) is 2.43. The van der Waals surface area contributed by atoms with E-state index in [2.05, 4.69) is 10.6 Å². The van der Waals surface area contributed by atoms with Crippen LogP contribution in [0.3, 0.4) is 0 Å². The van der Waals surface area contributed by atoms with Crippen LogP contribution in [0.25, 0.3) is 0 Å². The lowest BCUT2D eigenvalue weighted by molar-refractivity contribution is -0.127. The molecule has 0 saturated carbocycles. The third kappa shape index (κ3) is 6.94. The largest absolute Gasteiger partial charge is 0.484 e. The monoisotopic (exact) mass is 355 g/mol. The van der Waals surface area contributed by atoms with Crippen molar-refractivity contribution in [3.05, 3.63) is 66.2 Å². The van der Waals surface area contributed by atoms with Crippen LogP contribution >= 0.6 is 0 Å². The molecule has 6 nitrogen and oxygen atoms in total. The van der Waals surface area contributed by atoms with Crippen molar-refractivity contribution in [1.82, 2.24) is 15.5 Å². The van der Waals surface area contributed by atoms with Crippen molar-refractivity contribution >= 4 is 11.8 Å². The highest BCUT2D eigenvalue weighted by Gasteiger charge is 2.16. The van der Waals surface area contributed by atoms with Crippen molar-refractivity contribution in [3.63, 3.8) is 0 Å². The standard InChI is InChI=1S/C20H25N3O3/c1-23(2)14-18(16-9-5-3-6-10-16)22-19(24)13-21-20(25)15-26-17-11-7-4-8-12-17/h3-12,18H,13-15H2,1-2H3,(H,21,25)(H,22,24)/t18-/m1/s1. The number of benzene rings is 2. The number of nitrogens with zero attached hydrogens (tertiary/aromatic N) is 1. The van der Waals surface area contributed by atoms with Gasteiger partial charge in [-0.2, -0.15) is 0 Å². The highest BCUT2D eigenvalue weighted by atomic mass is 16.5. The quantitative estimate of drug-likeness (QED) is 0.717. The first-order valence-corrected chi connectivity index (χ1v) is 8.48. The molecule has 0 aromatic heterocycles. The normalized spacial score (nSPS) is 11.7. The van der Waals surface area contributed by atoms with Crippen LogP contribution in [0.4, 0.5) is 0 Å². The number of nitrogens with one attached hydrogen (secondary N) is 2. The lowest BCUT2D eigenvalue weighted by atomic mass is 10.1. The van der Waals surface area contributed by atoms with E-state index in [-0.39, 0.29) is 31.0 Å². The molecule has 0 radical (unpaired) electrons. The van der Waals surface area contributed by atoms with Crippen molar-refractivity contribution in [1.29, 1.82) is 0 Å². The summed E-state index contributed by atoms with van der Waals surface area (Å²) in [5.74, 6) is 0.0314. The van der Waals surface area contributed by atoms with E-state index in [1.54, 1.807) is 12.1 Å². The Morgan fingerprint density at radius 1 is 0.962 bits per heavy atom. The maximum Gasteiger partial charge on any atom is 0.258 e. The third-order valence-electron chi connectivity index (χ3n) is 3.64. The number of para-hydroxylation sites is 1. The summed E-state index contributed by atoms with van der Waals surface area (Å²) in [5, 5.41) is 5.53. The lowest BCUT2D eigenvalue weighted by Gasteiger charge is -2.23. The fraction of sp³-hybridized carbons (Fsp3) is 0.300. The van der Waals surface area contributed by atoms with Crippen LogP contribution < -0.4 is 15.4 Å². The summed E-state index contributed by atoms with van der Waals surface area (Å²) < 4.78 is 5.35. The van der Waals surface area contributed by atoms with Gasteiger partial charge in [-0.05, 0) is 31.8 Å². The number of ether oxygens (including phenoxy) is 1. The minimum atomic E-state index is -0.340. The summed E-state index contributed by atoms with van der Waals surface area (Å²) in [4.78, 5) is 26.0. The first kappa shape index (κ1) is 19.5. The molecule has 138 valence electrons. The maximum absolute atomic E-state index is 12.2. The molecule has 0 unspecified atom stereocenters. The lowest BCUT2D eigenvalue weighted by Crippen LogP contribution is -2.42. The van der Waals surface area contributed by atoms with Crippen molar-refractivity contribution in [2.75, 3.05) is 33.8 Å². The molecule has 2 N–H and O–H groups in total. The molecule has 6 heteroatoms. The summed E-state index contributed by atoms with van der Waals surface area (Å²) in [6, 6.07) is 18.7. The van der Waals surface area contributed by atoms with Gasteiger partial charge in [0.05, 0.1) is 12.6 Å². The van der Waals surface area contributed by atoms with E-state index in [9.17, 15) is 9.59 Å². The average Bonchev–Trinajstić information content (AvgIpc) is 2.65. The Kier molecular flexibility index (Phi) is 7.64. The molecule has 2 amide bonds. The number of carbonyl (C=O) groups is 2. The van der Waals surface area contributed by atoms with Crippen molar-refractivity contribution in [3.8, 4) is 5.75 Å². The fourth-order valence-electron chi connectivity index (χ4n) is 2.43. The predicted molar refractivity (Wildman–Crippen MR) is 101 cm³/mol. The van der Waals surface area contributed by atoms with Crippen LogP contribution in [0.5, 0.6) is 5.75 Å². The molecule has 0 heterocycles. The number of hydrogen-bond donors (Lipinski definition) is 2. The van der Waals surface area contributed by atoms with E-state index < -0.39 is 0 Å². The molecular formula is C20H25N3O3. The van der Waals surface area contributed by atoms with Crippen LogP contribution in [0.2, 0.25) is 0 Å². The van der Waals surface area contributed by atoms with Gasteiger partial charge >= 0.3 is 0 Å². The molecule has 2 aromatic rings. The van der Waals surface area contributed by atoms with E-state index in [1.807, 2.05) is 67.5 Å². The van der Waals surface area contributed by atoms with Gasteiger partial charge < -0.3 is 20.3 Å². The molecule has 2 rings (SSSR count). The number of rotatable bonds is 9. The number of carbonyl (C=O) groups excluding carboxylic acids is 2. The van der Waals surface area contributed by atoms with Gasteiger partial charge in [0.25, 0.3) is 5.91 Å². The predicted octanol–water partition coefficient (Wildman–Crippen LogP) is 1.60. The summed E-state index contributed by atoms with van der Waals surface area (Å²) in [6.45, 7) is 0.450. The van der Waals surface area contributed by atoms with Crippen LogP contribution in [-0.4, -0.2) is 50.5 Å². The Morgan fingerprint density at radius 2 is 1.58 bits per heavy atom. The van der Waals surface area contributed by atoms with Gasteiger partial charge in [0.2, 0.25) is 5.91 Å². The Bertz CT molecular complexity index is 690. The molecule has 0 fully saturated rings. The van der Waals surface area contributed by atoms with Gasteiger partial charge in [0.1, 0.15) is 5.75 Å². The van der Waals surface area contributed by atoms with Crippen molar-refractivity contribution in [2.24, 2.45) is 0 Å². The Balaban J connectivity index is 1.79. The van der Waals surface area contributed by atoms with E-state index >= 15 is 0 Å². The smallest absolute Gasteiger partial charge is 0.258 e. The number of likely N-dealkylation sites (N-methyl/N-ethyl adjacent to an activating group) is 1. The Hall–Kier alpha value is -2.86. The van der Waals surface area contributed by atoms with Crippen LogP contribution in [-0.2, 0) is 9.59 Å².